The first-order valence-corrected chi connectivity index (χ1v) is 9.55. The largest absolute Gasteiger partial charge is 0.365 e. The minimum Gasteiger partial charge on any atom is -0.365 e. The van der Waals surface area contributed by atoms with Gasteiger partial charge in [-0.15, -0.1) is 0 Å². The SMILES string of the molecule is NC(=O)c1c(F)cc(-c2ccc3ncn(Cc4cc5cccnc5cc4F)c3n2)cc1F. The number of nitrogens with zero attached hydrogens (tertiary/aromatic N) is 4. The summed E-state index contributed by atoms with van der Waals surface area (Å²) in [5.41, 5.74) is 6.52. The van der Waals surface area contributed by atoms with Crippen LogP contribution in [-0.4, -0.2) is 25.4 Å². The number of primary amides is 1. The molecule has 6 nitrogen and oxygen atoms in total. The van der Waals surface area contributed by atoms with Crippen LogP contribution >= 0.6 is 0 Å². The number of carbonyl (C=O) groups is 1. The zero-order valence-electron chi connectivity index (χ0n) is 16.4. The number of nitrogens with two attached hydrogens (primary N) is 1. The molecular formula is C23H14F3N5O. The fourth-order valence-corrected chi connectivity index (χ4v) is 3.62. The molecule has 2 aromatic carbocycles. The molecule has 0 bridgehead atoms. The number of aromatic nitrogens is 4. The maximum absolute atomic E-state index is 14.6. The van der Waals surface area contributed by atoms with Gasteiger partial charge in [0.15, 0.2) is 5.65 Å². The molecule has 0 aliphatic rings. The average Bonchev–Trinajstić information content (AvgIpc) is 3.15. The van der Waals surface area contributed by atoms with E-state index in [9.17, 15) is 18.0 Å². The number of fused-ring (bicyclic) bond motifs is 2. The maximum atomic E-state index is 14.6. The third-order valence-corrected chi connectivity index (χ3v) is 5.16. The summed E-state index contributed by atoms with van der Waals surface area (Å²) < 4.78 is 44.7. The average molecular weight is 433 g/mol. The first-order chi connectivity index (χ1) is 15.4. The normalized spacial score (nSPS) is 11.3. The summed E-state index contributed by atoms with van der Waals surface area (Å²) >= 11 is 0. The van der Waals surface area contributed by atoms with E-state index in [1.807, 2.05) is 6.07 Å². The van der Waals surface area contributed by atoms with E-state index in [0.717, 1.165) is 17.5 Å². The number of rotatable bonds is 4. The molecule has 5 aromatic rings. The van der Waals surface area contributed by atoms with Crippen LogP contribution in [0, 0.1) is 17.5 Å². The summed E-state index contributed by atoms with van der Waals surface area (Å²) in [4.78, 5) is 24.1. The molecule has 158 valence electrons. The number of hydrogen-bond acceptors (Lipinski definition) is 4. The quantitative estimate of drug-likeness (QED) is 0.460. The zero-order chi connectivity index (χ0) is 22.4. The van der Waals surface area contributed by atoms with Crippen molar-refractivity contribution in [3.8, 4) is 11.3 Å². The van der Waals surface area contributed by atoms with Gasteiger partial charge in [0.1, 0.15) is 28.5 Å². The highest BCUT2D eigenvalue weighted by Crippen LogP contribution is 2.26. The lowest BCUT2D eigenvalue weighted by molar-refractivity contribution is 0.0992. The first-order valence-electron chi connectivity index (χ1n) is 9.55. The van der Waals surface area contributed by atoms with Gasteiger partial charge in [-0.1, -0.05) is 6.07 Å². The van der Waals surface area contributed by atoms with Crippen molar-refractivity contribution in [1.29, 1.82) is 0 Å². The van der Waals surface area contributed by atoms with E-state index < -0.39 is 28.9 Å². The van der Waals surface area contributed by atoms with Crippen LogP contribution in [0.15, 0.2) is 61.1 Å². The molecule has 9 heteroatoms. The van der Waals surface area contributed by atoms with E-state index >= 15 is 0 Å². The van der Waals surface area contributed by atoms with Crippen LogP contribution < -0.4 is 5.73 Å². The van der Waals surface area contributed by atoms with Crippen molar-refractivity contribution in [3.63, 3.8) is 0 Å². The van der Waals surface area contributed by atoms with E-state index in [-0.39, 0.29) is 17.8 Å². The zero-order valence-corrected chi connectivity index (χ0v) is 16.4. The van der Waals surface area contributed by atoms with Crippen LogP contribution in [0.25, 0.3) is 33.3 Å². The highest BCUT2D eigenvalue weighted by atomic mass is 19.1. The molecule has 1 amide bonds. The van der Waals surface area contributed by atoms with Crippen molar-refractivity contribution in [3.05, 3.63) is 89.6 Å². The third kappa shape index (κ3) is 3.33. The molecule has 0 saturated carbocycles. The van der Waals surface area contributed by atoms with Gasteiger partial charge in [-0.2, -0.15) is 0 Å². The Balaban J connectivity index is 1.57. The number of imidazole rings is 1. The van der Waals surface area contributed by atoms with Gasteiger partial charge in [0.2, 0.25) is 0 Å². The number of pyridine rings is 2. The summed E-state index contributed by atoms with van der Waals surface area (Å²) in [5.74, 6) is -3.76. The van der Waals surface area contributed by atoms with Gasteiger partial charge in [-0.3, -0.25) is 9.78 Å². The lowest BCUT2D eigenvalue weighted by Gasteiger charge is -2.09. The van der Waals surface area contributed by atoms with Crippen LogP contribution in [-0.2, 0) is 6.54 Å². The van der Waals surface area contributed by atoms with E-state index in [0.29, 0.717) is 22.2 Å². The number of amides is 1. The van der Waals surface area contributed by atoms with Gasteiger partial charge < -0.3 is 10.3 Å². The van der Waals surface area contributed by atoms with E-state index in [4.69, 9.17) is 5.73 Å². The van der Waals surface area contributed by atoms with Gasteiger partial charge in [-0.05, 0) is 36.4 Å². The van der Waals surface area contributed by atoms with Gasteiger partial charge in [0, 0.05) is 28.8 Å². The second-order valence-corrected chi connectivity index (χ2v) is 7.23. The third-order valence-electron chi connectivity index (χ3n) is 5.16. The molecule has 0 spiro atoms. The Labute approximate surface area is 179 Å². The standard InChI is InChI=1S/C23H14F3N5O/c24-15-9-20-12(2-1-5-28-20)6-14(15)10-31-11-29-19-4-3-18(30-23(19)31)13-7-16(25)21(22(27)32)17(26)8-13/h1-9,11H,10H2,(H2,27,32). The summed E-state index contributed by atoms with van der Waals surface area (Å²) in [5, 5.41) is 0.794. The fourth-order valence-electron chi connectivity index (χ4n) is 3.62. The van der Waals surface area contributed by atoms with Crippen LogP contribution in [0.3, 0.4) is 0 Å². The lowest BCUT2D eigenvalue weighted by atomic mass is 10.1. The first kappa shape index (κ1) is 19.7. The van der Waals surface area contributed by atoms with Crippen molar-refractivity contribution in [1.82, 2.24) is 19.5 Å². The van der Waals surface area contributed by atoms with Gasteiger partial charge in [-0.25, -0.2) is 23.1 Å². The predicted molar refractivity (Wildman–Crippen MR) is 112 cm³/mol. The monoisotopic (exact) mass is 433 g/mol. The molecule has 0 radical (unpaired) electrons. The summed E-state index contributed by atoms with van der Waals surface area (Å²) in [7, 11) is 0. The fraction of sp³-hybridized carbons (Fsp3) is 0.0435. The second kappa shape index (κ2) is 7.45. The van der Waals surface area contributed by atoms with Crippen molar-refractivity contribution >= 4 is 28.0 Å². The summed E-state index contributed by atoms with van der Waals surface area (Å²) in [6, 6.07) is 11.9. The van der Waals surface area contributed by atoms with Crippen molar-refractivity contribution in [2.24, 2.45) is 5.73 Å². The molecule has 0 atom stereocenters. The minimum absolute atomic E-state index is 0.127. The van der Waals surface area contributed by atoms with Crippen LogP contribution in [0.5, 0.6) is 0 Å². The van der Waals surface area contributed by atoms with E-state index in [1.54, 1.807) is 35.0 Å². The molecule has 3 heterocycles. The topological polar surface area (TPSA) is 86.7 Å². The van der Waals surface area contributed by atoms with Gasteiger partial charge in [0.05, 0.1) is 24.1 Å². The number of halogens is 3. The number of hydrogen-bond donors (Lipinski definition) is 1. The lowest BCUT2D eigenvalue weighted by Crippen LogP contribution is -2.15. The van der Waals surface area contributed by atoms with Gasteiger partial charge >= 0.3 is 0 Å². The summed E-state index contributed by atoms with van der Waals surface area (Å²) in [6.07, 6.45) is 3.11. The molecule has 0 saturated heterocycles. The predicted octanol–water partition coefficient (Wildman–Crippen LogP) is 4.21. The van der Waals surface area contributed by atoms with Crippen LogP contribution in [0.1, 0.15) is 15.9 Å². The van der Waals surface area contributed by atoms with Crippen molar-refractivity contribution in [2.75, 3.05) is 0 Å². The molecule has 0 aliphatic carbocycles. The van der Waals surface area contributed by atoms with Crippen molar-refractivity contribution in [2.45, 2.75) is 6.54 Å². The summed E-state index contributed by atoms with van der Waals surface area (Å²) in [6.45, 7) is 0.146. The molecule has 5 rings (SSSR count). The van der Waals surface area contributed by atoms with Crippen molar-refractivity contribution < 1.29 is 18.0 Å². The Hall–Kier alpha value is -4.27. The smallest absolute Gasteiger partial charge is 0.254 e. The molecule has 3 aromatic heterocycles. The molecular weight excluding hydrogens is 419 g/mol. The Morgan fingerprint density at radius 2 is 1.72 bits per heavy atom. The number of carbonyl (C=O) groups excluding carboxylic acids is 1. The molecule has 32 heavy (non-hydrogen) atoms. The van der Waals surface area contributed by atoms with E-state index in [1.165, 1.54) is 12.4 Å². The minimum atomic E-state index is -1.19. The van der Waals surface area contributed by atoms with Crippen LogP contribution in [0.2, 0.25) is 0 Å². The highest BCUT2D eigenvalue weighted by molar-refractivity contribution is 5.94. The molecule has 0 aliphatic heterocycles. The van der Waals surface area contributed by atoms with E-state index in [2.05, 4.69) is 15.0 Å². The second-order valence-electron chi connectivity index (χ2n) is 7.23. The molecule has 2 N–H and O–H groups in total. The van der Waals surface area contributed by atoms with Crippen LogP contribution in [0.4, 0.5) is 13.2 Å². The highest BCUT2D eigenvalue weighted by Gasteiger charge is 2.18. The Bertz CT molecular complexity index is 1510. The molecule has 0 unspecified atom stereocenters. The molecule has 0 fully saturated rings. The Kier molecular flexibility index (Phi) is 4.58. The van der Waals surface area contributed by atoms with Gasteiger partial charge in [0.25, 0.3) is 5.91 Å². The number of benzene rings is 2. The maximum Gasteiger partial charge on any atom is 0.254 e. The Morgan fingerprint density at radius 3 is 2.47 bits per heavy atom. The Morgan fingerprint density at radius 1 is 0.938 bits per heavy atom.